The normalized spacial score (nSPS) is 10.9. The molecule has 0 aliphatic heterocycles. The van der Waals surface area contributed by atoms with Gasteiger partial charge in [0, 0.05) is 6.07 Å². The molecule has 0 aliphatic carbocycles. The minimum atomic E-state index is -2.96. The molecule has 4 nitrogen and oxygen atoms in total. The Morgan fingerprint density at radius 3 is 2.93 bits per heavy atom. The molecule has 0 spiro atoms. The fourth-order valence-electron chi connectivity index (χ4n) is 1.27. The van der Waals surface area contributed by atoms with Crippen molar-refractivity contribution < 1.29 is 18.3 Å². The van der Waals surface area contributed by atoms with E-state index in [9.17, 15) is 13.6 Å². The molecular formula is C9H6F2N2O2. The van der Waals surface area contributed by atoms with Gasteiger partial charge in [0.15, 0.2) is 6.29 Å². The summed E-state index contributed by atoms with van der Waals surface area (Å²) in [6.45, 7) is -2.96. The van der Waals surface area contributed by atoms with Crippen LogP contribution in [0.3, 0.4) is 0 Å². The van der Waals surface area contributed by atoms with Gasteiger partial charge in [0.05, 0.1) is 22.9 Å². The lowest BCUT2D eigenvalue weighted by molar-refractivity contribution is -0.0499. The average molecular weight is 212 g/mol. The molecule has 0 aliphatic rings. The zero-order valence-corrected chi connectivity index (χ0v) is 7.41. The second-order valence-electron chi connectivity index (χ2n) is 2.81. The van der Waals surface area contributed by atoms with Crippen LogP contribution in [0.4, 0.5) is 8.78 Å². The summed E-state index contributed by atoms with van der Waals surface area (Å²) < 4.78 is 28.2. The van der Waals surface area contributed by atoms with E-state index in [1.54, 1.807) is 0 Å². The molecule has 1 aromatic heterocycles. The Morgan fingerprint density at radius 2 is 2.27 bits per heavy atom. The maximum absolute atomic E-state index is 12.0. The van der Waals surface area contributed by atoms with Gasteiger partial charge in [0.2, 0.25) is 0 Å². The summed E-state index contributed by atoms with van der Waals surface area (Å²) in [6, 6.07) is 2.70. The molecule has 0 radical (unpaired) electrons. The summed E-state index contributed by atoms with van der Waals surface area (Å²) in [5, 5.41) is 0. The molecule has 78 valence electrons. The Hall–Kier alpha value is -1.98. The van der Waals surface area contributed by atoms with E-state index in [0.717, 1.165) is 0 Å². The van der Waals surface area contributed by atoms with Crippen LogP contribution in [0.1, 0.15) is 10.4 Å². The third-order valence-corrected chi connectivity index (χ3v) is 1.89. The van der Waals surface area contributed by atoms with Gasteiger partial charge < -0.3 is 9.72 Å². The molecule has 2 rings (SSSR count). The lowest BCUT2D eigenvalue weighted by Gasteiger charge is -2.06. The number of nitrogens with one attached hydrogen (secondary N) is 1. The van der Waals surface area contributed by atoms with Crippen LogP contribution in [0.25, 0.3) is 11.0 Å². The number of carbonyl (C=O) groups is 1. The molecular weight excluding hydrogens is 206 g/mol. The monoisotopic (exact) mass is 212 g/mol. The van der Waals surface area contributed by atoms with E-state index >= 15 is 0 Å². The number of halogens is 2. The van der Waals surface area contributed by atoms with Crippen molar-refractivity contribution in [3.63, 3.8) is 0 Å². The third kappa shape index (κ3) is 1.78. The van der Waals surface area contributed by atoms with Crippen molar-refractivity contribution in [1.29, 1.82) is 0 Å². The van der Waals surface area contributed by atoms with Crippen LogP contribution in [0, 0.1) is 0 Å². The molecule has 0 saturated carbocycles. The number of fused-ring (bicyclic) bond motifs is 1. The van der Waals surface area contributed by atoms with Gasteiger partial charge in [-0.1, -0.05) is 0 Å². The summed E-state index contributed by atoms with van der Waals surface area (Å²) in [5.74, 6) is -0.167. The quantitative estimate of drug-likeness (QED) is 0.791. The maximum Gasteiger partial charge on any atom is 0.387 e. The number of carbonyl (C=O) groups excluding carboxylic acids is 1. The van der Waals surface area contributed by atoms with Crippen LogP contribution in [-0.4, -0.2) is 22.9 Å². The number of ether oxygens (including phenoxy) is 1. The molecule has 1 aromatic carbocycles. The summed E-state index contributed by atoms with van der Waals surface area (Å²) in [4.78, 5) is 17.2. The van der Waals surface area contributed by atoms with E-state index in [1.165, 1.54) is 18.5 Å². The number of benzene rings is 1. The molecule has 0 atom stereocenters. The summed E-state index contributed by atoms with van der Waals surface area (Å²) in [7, 11) is 0. The minimum Gasteiger partial charge on any atom is -0.434 e. The van der Waals surface area contributed by atoms with Crippen molar-refractivity contribution in [3.8, 4) is 5.75 Å². The zero-order chi connectivity index (χ0) is 10.8. The van der Waals surface area contributed by atoms with Gasteiger partial charge >= 0.3 is 6.61 Å². The summed E-state index contributed by atoms with van der Waals surface area (Å²) >= 11 is 0. The molecule has 0 fully saturated rings. The molecule has 2 aromatic rings. The number of nitrogens with zero attached hydrogens (tertiary/aromatic N) is 1. The highest BCUT2D eigenvalue weighted by molar-refractivity contribution is 5.88. The summed E-state index contributed by atoms with van der Waals surface area (Å²) in [6.07, 6.45) is 1.86. The van der Waals surface area contributed by atoms with Crippen LogP contribution in [0.5, 0.6) is 5.75 Å². The number of rotatable bonds is 3. The predicted octanol–water partition coefficient (Wildman–Crippen LogP) is 1.98. The van der Waals surface area contributed by atoms with E-state index in [0.29, 0.717) is 17.3 Å². The first-order chi connectivity index (χ1) is 7.20. The van der Waals surface area contributed by atoms with Gasteiger partial charge in [0.25, 0.3) is 0 Å². The van der Waals surface area contributed by atoms with Crippen LogP contribution in [0.2, 0.25) is 0 Å². The van der Waals surface area contributed by atoms with E-state index in [4.69, 9.17) is 0 Å². The molecule has 1 heterocycles. The van der Waals surface area contributed by atoms with Gasteiger partial charge in [-0.15, -0.1) is 0 Å². The largest absolute Gasteiger partial charge is 0.434 e. The van der Waals surface area contributed by atoms with Gasteiger partial charge in [0.1, 0.15) is 5.75 Å². The van der Waals surface area contributed by atoms with Crippen LogP contribution in [-0.2, 0) is 0 Å². The highest BCUT2D eigenvalue weighted by Gasteiger charge is 2.11. The number of aromatic nitrogens is 2. The van der Waals surface area contributed by atoms with Gasteiger partial charge in [-0.25, -0.2) is 4.98 Å². The van der Waals surface area contributed by atoms with Crippen LogP contribution in [0.15, 0.2) is 18.5 Å². The Morgan fingerprint density at radius 1 is 1.47 bits per heavy atom. The highest BCUT2D eigenvalue weighted by atomic mass is 19.3. The van der Waals surface area contributed by atoms with Crippen molar-refractivity contribution in [2.24, 2.45) is 0 Å². The number of H-pyrrole nitrogens is 1. The Bertz CT molecular complexity index is 496. The van der Waals surface area contributed by atoms with Crippen molar-refractivity contribution in [1.82, 2.24) is 9.97 Å². The molecule has 0 saturated heterocycles. The average Bonchev–Trinajstić information content (AvgIpc) is 2.62. The van der Waals surface area contributed by atoms with Gasteiger partial charge in [-0.2, -0.15) is 8.78 Å². The standard InChI is InChI=1S/C9H6F2N2O2/c10-9(11)15-8-2-7-6(12-4-13-7)1-5(8)3-14/h1-4,9H,(H,12,13). The predicted molar refractivity (Wildman–Crippen MR) is 48.1 cm³/mol. The maximum atomic E-state index is 12.0. The number of aromatic amines is 1. The van der Waals surface area contributed by atoms with Crippen molar-refractivity contribution in [3.05, 3.63) is 24.0 Å². The Labute approximate surface area is 82.9 Å². The van der Waals surface area contributed by atoms with E-state index < -0.39 is 6.61 Å². The number of alkyl halides is 2. The number of aldehydes is 1. The molecule has 6 heteroatoms. The minimum absolute atomic E-state index is 0.0621. The Kier molecular flexibility index (Phi) is 2.32. The lowest BCUT2D eigenvalue weighted by atomic mass is 10.2. The first-order valence-electron chi connectivity index (χ1n) is 4.08. The number of hydrogen-bond acceptors (Lipinski definition) is 3. The molecule has 15 heavy (non-hydrogen) atoms. The van der Waals surface area contributed by atoms with Crippen molar-refractivity contribution in [2.45, 2.75) is 6.61 Å². The second kappa shape index (κ2) is 3.64. The molecule has 0 unspecified atom stereocenters. The van der Waals surface area contributed by atoms with E-state index in [1.807, 2.05) is 0 Å². The highest BCUT2D eigenvalue weighted by Crippen LogP contribution is 2.24. The third-order valence-electron chi connectivity index (χ3n) is 1.89. The first-order valence-corrected chi connectivity index (χ1v) is 4.08. The first kappa shape index (κ1) is 9.57. The van der Waals surface area contributed by atoms with Gasteiger partial charge in [-0.3, -0.25) is 4.79 Å². The fraction of sp³-hybridized carbons (Fsp3) is 0.111. The Balaban J connectivity index is 2.54. The smallest absolute Gasteiger partial charge is 0.387 e. The van der Waals surface area contributed by atoms with Crippen LogP contribution >= 0.6 is 0 Å². The lowest BCUT2D eigenvalue weighted by Crippen LogP contribution is -2.04. The topological polar surface area (TPSA) is 55.0 Å². The second-order valence-corrected chi connectivity index (χ2v) is 2.81. The molecule has 1 N–H and O–H groups in total. The SMILES string of the molecule is O=Cc1cc2[nH]cnc2cc1OC(F)F. The van der Waals surface area contributed by atoms with E-state index in [2.05, 4.69) is 14.7 Å². The molecule has 0 bridgehead atoms. The fourth-order valence-corrected chi connectivity index (χ4v) is 1.27. The summed E-state index contributed by atoms with van der Waals surface area (Å²) in [5.41, 5.74) is 1.13. The van der Waals surface area contributed by atoms with Crippen LogP contribution < -0.4 is 4.74 Å². The number of hydrogen-bond donors (Lipinski definition) is 1. The zero-order valence-electron chi connectivity index (χ0n) is 7.41. The number of imidazole rings is 1. The van der Waals surface area contributed by atoms with Crippen molar-refractivity contribution in [2.75, 3.05) is 0 Å². The van der Waals surface area contributed by atoms with Crippen molar-refractivity contribution >= 4 is 17.3 Å². The molecule has 0 amide bonds. The van der Waals surface area contributed by atoms with Gasteiger partial charge in [-0.05, 0) is 6.07 Å². The van der Waals surface area contributed by atoms with E-state index in [-0.39, 0.29) is 11.3 Å².